The van der Waals surface area contributed by atoms with E-state index in [0.717, 1.165) is 38.8 Å². The van der Waals surface area contributed by atoms with Crippen LogP contribution in [0, 0.1) is 0 Å². The van der Waals surface area contributed by atoms with Crippen molar-refractivity contribution in [1.29, 1.82) is 0 Å². The van der Waals surface area contributed by atoms with Crippen LogP contribution in [0.15, 0.2) is 22.5 Å². The number of nitrogens with one attached hydrogen (secondary N) is 2. The van der Waals surface area contributed by atoms with Gasteiger partial charge in [-0.25, -0.2) is 12.7 Å². The topological polar surface area (TPSA) is 86.3 Å². The van der Waals surface area contributed by atoms with Crippen LogP contribution in [0.1, 0.15) is 24.3 Å². The Balaban J connectivity index is 0.00000420. The molecule has 8 nitrogen and oxygen atoms in total. The van der Waals surface area contributed by atoms with Crippen molar-refractivity contribution < 1.29 is 13.2 Å². The quantitative estimate of drug-likeness (QED) is 0.196. The van der Waals surface area contributed by atoms with Crippen LogP contribution in [0.25, 0.3) is 0 Å². The molecular weight excluding hydrogens is 525 g/mol. The summed E-state index contributed by atoms with van der Waals surface area (Å²) in [7, 11) is 0.254. The molecule has 168 valence electrons. The minimum atomic E-state index is -3.12. The molecule has 0 spiro atoms. The summed E-state index contributed by atoms with van der Waals surface area (Å²) in [6, 6.07) is 4.54. The Morgan fingerprint density at radius 3 is 2.69 bits per heavy atom. The fourth-order valence-electron chi connectivity index (χ4n) is 3.06. The molecule has 2 N–H and O–H groups in total. The average Bonchev–Trinajstić information content (AvgIpc) is 3.24. The van der Waals surface area contributed by atoms with Gasteiger partial charge in [0.15, 0.2) is 5.96 Å². The third kappa shape index (κ3) is 8.66. The molecule has 0 aliphatic carbocycles. The normalized spacial score (nSPS) is 17.0. The molecule has 2 heterocycles. The summed E-state index contributed by atoms with van der Waals surface area (Å²) in [5.41, 5.74) is 0. The Bertz CT molecular complexity index is 694. The molecule has 1 unspecified atom stereocenters. The highest BCUT2D eigenvalue weighted by atomic mass is 127. The van der Waals surface area contributed by atoms with Crippen molar-refractivity contribution in [2.24, 2.45) is 4.99 Å². The van der Waals surface area contributed by atoms with E-state index in [1.165, 1.54) is 9.18 Å². The summed E-state index contributed by atoms with van der Waals surface area (Å²) in [6.45, 7) is 6.95. The SMILES string of the molecule is CCS(=O)(=O)N(C)CCCNC(=NC)NCC(c1cccs1)N1CCOCC1.I. The lowest BCUT2D eigenvalue weighted by molar-refractivity contribution is 0.0177. The first-order valence-corrected chi connectivity index (χ1v) is 12.2. The zero-order valence-electron chi connectivity index (χ0n) is 17.5. The summed E-state index contributed by atoms with van der Waals surface area (Å²) in [6.07, 6.45) is 0.717. The first kappa shape index (κ1) is 26.6. The van der Waals surface area contributed by atoms with Gasteiger partial charge in [0, 0.05) is 51.7 Å². The second-order valence-electron chi connectivity index (χ2n) is 6.64. The van der Waals surface area contributed by atoms with E-state index in [1.807, 2.05) is 0 Å². The monoisotopic (exact) mass is 559 g/mol. The number of ether oxygens (including phenoxy) is 1. The molecule has 1 aliphatic heterocycles. The standard InChI is InChI=1S/C18H33N5O3S2.HI/c1-4-28(24,25)22(3)9-6-8-20-18(19-2)21-15-16(17-7-5-14-27-17)23-10-12-26-13-11-23;/h5,7,14,16H,4,6,8-13,15H2,1-3H3,(H2,19,20,21);1H. The highest BCUT2D eigenvalue weighted by molar-refractivity contribution is 14.0. The first-order valence-electron chi connectivity index (χ1n) is 9.71. The van der Waals surface area contributed by atoms with Crippen molar-refractivity contribution in [2.45, 2.75) is 19.4 Å². The zero-order valence-corrected chi connectivity index (χ0v) is 21.4. The van der Waals surface area contributed by atoms with Crippen LogP contribution in [0.5, 0.6) is 0 Å². The fourth-order valence-corrected chi connectivity index (χ4v) is 4.77. The lowest BCUT2D eigenvalue weighted by atomic mass is 10.2. The van der Waals surface area contributed by atoms with E-state index in [-0.39, 0.29) is 35.8 Å². The number of hydrogen-bond acceptors (Lipinski definition) is 6. The molecule has 1 aliphatic rings. The maximum Gasteiger partial charge on any atom is 0.213 e. The maximum absolute atomic E-state index is 11.8. The molecule has 1 aromatic rings. The van der Waals surface area contributed by atoms with Crippen LogP contribution in [-0.4, -0.2) is 89.4 Å². The highest BCUT2D eigenvalue weighted by Crippen LogP contribution is 2.25. The van der Waals surface area contributed by atoms with Gasteiger partial charge in [-0.2, -0.15) is 0 Å². The Kier molecular flexibility index (Phi) is 12.6. The summed E-state index contributed by atoms with van der Waals surface area (Å²) >= 11 is 1.77. The molecule has 2 rings (SSSR count). The van der Waals surface area contributed by atoms with Gasteiger partial charge < -0.3 is 15.4 Å². The Morgan fingerprint density at radius 2 is 2.10 bits per heavy atom. The molecule has 1 aromatic heterocycles. The number of guanidine groups is 1. The molecular formula is C18H34IN5O3S2. The van der Waals surface area contributed by atoms with E-state index in [9.17, 15) is 8.42 Å². The van der Waals surface area contributed by atoms with Gasteiger partial charge in [0.05, 0.1) is 25.0 Å². The number of halogens is 1. The van der Waals surface area contributed by atoms with Crippen molar-refractivity contribution in [1.82, 2.24) is 19.8 Å². The predicted octanol–water partition coefficient (Wildman–Crippen LogP) is 1.58. The molecule has 11 heteroatoms. The molecule has 1 fully saturated rings. The number of thiophene rings is 1. The summed E-state index contributed by atoms with van der Waals surface area (Å²) in [5.74, 6) is 0.863. The number of morpholine rings is 1. The van der Waals surface area contributed by atoms with Gasteiger partial charge in [0.2, 0.25) is 10.0 Å². The van der Waals surface area contributed by atoms with Gasteiger partial charge in [0.25, 0.3) is 0 Å². The van der Waals surface area contributed by atoms with Crippen LogP contribution in [0.4, 0.5) is 0 Å². The molecule has 1 saturated heterocycles. The van der Waals surface area contributed by atoms with Gasteiger partial charge in [-0.3, -0.25) is 9.89 Å². The van der Waals surface area contributed by atoms with E-state index in [0.29, 0.717) is 19.5 Å². The number of rotatable bonds is 10. The first-order chi connectivity index (χ1) is 13.5. The van der Waals surface area contributed by atoms with Crippen LogP contribution in [-0.2, 0) is 14.8 Å². The van der Waals surface area contributed by atoms with Crippen molar-refractivity contribution in [3.05, 3.63) is 22.4 Å². The van der Waals surface area contributed by atoms with Crippen LogP contribution in [0.3, 0.4) is 0 Å². The molecule has 1 atom stereocenters. The molecule has 0 amide bonds. The van der Waals surface area contributed by atoms with E-state index in [4.69, 9.17) is 4.74 Å². The number of sulfonamides is 1. The minimum Gasteiger partial charge on any atom is -0.379 e. The third-order valence-electron chi connectivity index (χ3n) is 4.83. The summed E-state index contributed by atoms with van der Waals surface area (Å²) in [4.78, 5) is 8.07. The van der Waals surface area contributed by atoms with Gasteiger partial charge in [-0.05, 0) is 24.8 Å². The van der Waals surface area contributed by atoms with Crippen LogP contribution >= 0.6 is 35.3 Å². The van der Waals surface area contributed by atoms with E-state index >= 15 is 0 Å². The lowest BCUT2D eigenvalue weighted by Gasteiger charge is -2.34. The smallest absolute Gasteiger partial charge is 0.213 e. The molecule has 0 bridgehead atoms. The van der Waals surface area contributed by atoms with E-state index in [2.05, 4.69) is 38.0 Å². The van der Waals surface area contributed by atoms with Crippen LogP contribution < -0.4 is 10.6 Å². The van der Waals surface area contributed by atoms with E-state index in [1.54, 1.807) is 32.4 Å². The fraction of sp³-hybridized carbons (Fsp3) is 0.722. The number of nitrogens with zero attached hydrogens (tertiary/aromatic N) is 3. The van der Waals surface area contributed by atoms with E-state index < -0.39 is 10.0 Å². The number of hydrogen-bond donors (Lipinski definition) is 2. The molecule has 0 radical (unpaired) electrons. The van der Waals surface area contributed by atoms with Crippen molar-refractivity contribution in [2.75, 3.05) is 65.8 Å². The predicted molar refractivity (Wildman–Crippen MR) is 131 cm³/mol. The lowest BCUT2D eigenvalue weighted by Crippen LogP contribution is -2.46. The van der Waals surface area contributed by atoms with Gasteiger partial charge in [0.1, 0.15) is 0 Å². The Morgan fingerprint density at radius 1 is 1.38 bits per heavy atom. The number of aliphatic imine (C=N–C) groups is 1. The summed E-state index contributed by atoms with van der Waals surface area (Å²) in [5, 5.41) is 8.80. The van der Waals surface area contributed by atoms with Gasteiger partial charge >= 0.3 is 0 Å². The Hall–Kier alpha value is -0.470. The maximum atomic E-state index is 11.8. The molecule has 29 heavy (non-hydrogen) atoms. The molecule has 0 saturated carbocycles. The second-order valence-corrected chi connectivity index (χ2v) is 9.98. The van der Waals surface area contributed by atoms with Crippen molar-refractivity contribution in [3.63, 3.8) is 0 Å². The largest absolute Gasteiger partial charge is 0.379 e. The van der Waals surface area contributed by atoms with Crippen LogP contribution in [0.2, 0.25) is 0 Å². The average molecular weight is 560 g/mol. The minimum absolute atomic E-state index is 0. The van der Waals surface area contributed by atoms with Gasteiger partial charge in [-0.15, -0.1) is 35.3 Å². The third-order valence-corrected chi connectivity index (χ3v) is 7.66. The van der Waals surface area contributed by atoms with Crippen molar-refractivity contribution in [3.8, 4) is 0 Å². The Labute approximate surface area is 196 Å². The summed E-state index contributed by atoms with van der Waals surface area (Å²) < 4.78 is 30.5. The molecule has 0 aromatic carbocycles. The van der Waals surface area contributed by atoms with Crippen molar-refractivity contribution >= 4 is 51.3 Å². The highest BCUT2D eigenvalue weighted by Gasteiger charge is 2.23. The zero-order chi connectivity index (χ0) is 20.4. The second kappa shape index (κ2) is 13.8. The van der Waals surface area contributed by atoms with Gasteiger partial charge in [-0.1, -0.05) is 6.07 Å².